The molecule has 0 unspecified atom stereocenters. The van der Waals surface area contributed by atoms with Gasteiger partial charge in [0.2, 0.25) is 0 Å². The Morgan fingerprint density at radius 3 is 2.64 bits per heavy atom. The number of piperazine rings is 1. The van der Waals surface area contributed by atoms with Crippen molar-refractivity contribution in [2.24, 2.45) is 4.36 Å². The second kappa shape index (κ2) is 7.98. The van der Waals surface area contributed by atoms with Gasteiger partial charge in [0, 0.05) is 49.7 Å². The molecule has 0 aromatic heterocycles. The first-order valence-corrected chi connectivity index (χ1v) is 9.19. The van der Waals surface area contributed by atoms with Crippen molar-refractivity contribution in [3.8, 4) is 0 Å². The van der Waals surface area contributed by atoms with Crippen LogP contribution in [0.25, 0.3) is 0 Å². The summed E-state index contributed by atoms with van der Waals surface area (Å²) in [5.74, 6) is 0. The highest BCUT2D eigenvalue weighted by Crippen LogP contribution is 2.28. The first-order chi connectivity index (χ1) is 11.6. The molecule has 0 spiro atoms. The first-order valence-electron chi connectivity index (χ1n) is 8.45. The third kappa shape index (κ3) is 5.36. The molecule has 0 radical (unpaired) electrons. The highest BCUT2D eigenvalue weighted by Gasteiger charge is 2.30. The number of benzene rings is 1. The van der Waals surface area contributed by atoms with E-state index in [4.69, 9.17) is 28.8 Å². The predicted molar refractivity (Wildman–Crippen MR) is 103 cm³/mol. The molecule has 1 aliphatic heterocycles. The van der Waals surface area contributed by atoms with E-state index in [1.165, 1.54) is 0 Å². The van der Waals surface area contributed by atoms with Gasteiger partial charge in [0.05, 0.1) is 5.69 Å². The number of rotatable bonds is 3. The van der Waals surface area contributed by atoms with E-state index in [0.717, 1.165) is 36.4 Å². The SMILES string of the molecule is Cc1c(CN2CCN(C(=O)OC(C)(C)C)[C@@H](C)C2)cc(Cl)cc1N=S. The third-order valence-corrected chi connectivity index (χ3v) is 4.70. The van der Waals surface area contributed by atoms with Gasteiger partial charge in [0.25, 0.3) is 0 Å². The summed E-state index contributed by atoms with van der Waals surface area (Å²) in [4.78, 5) is 16.4. The zero-order valence-electron chi connectivity index (χ0n) is 15.5. The molecule has 25 heavy (non-hydrogen) atoms. The fraction of sp³-hybridized carbons (Fsp3) is 0.611. The van der Waals surface area contributed by atoms with Crippen LogP contribution in [0.1, 0.15) is 38.8 Å². The number of hydrogen-bond donors (Lipinski definition) is 0. The summed E-state index contributed by atoms with van der Waals surface area (Å²) in [7, 11) is 0. The Morgan fingerprint density at radius 2 is 2.08 bits per heavy atom. The van der Waals surface area contributed by atoms with E-state index in [2.05, 4.69) is 9.26 Å². The zero-order chi connectivity index (χ0) is 18.8. The Bertz CT molecular complexity index is 660. The van der Waals surface area contributed by atoms with Gasteiger partial charge in [-0.1, -0.05) is 11.6 Å². The van der Waals surface area contributed by atoms with Crippen molar-refractivity contribution in [1.82, 2.24) is 9.80 Å². The molecule has 0 N–H and O–H groups in total. The van der Waals surface area contributed by atoms with Gasteiger partial charge in [-0.25, -0.2) is 4.79 Å². The number of carbonyl (C=O) groups is 1. The smallest absolute Gasteiger partial charge is 0.410 e. The van der Waals surface area contributed by atoms with Gasteiger partial charge < -0.3 is 9.64 Å². The minimum atomic E-state index is -0.476. The van der Waals surface area contributed by atoms with Crippen LogP contribution in [0.4, 0.5) is 10.5 Å². The van der Waals surface area contributed by atoms with Crippen LogP contribution in [0.15, 0.2) is 16.5 Å². The molecule has 1 amide bonds. The molecular formula is C18H26ClN3O2S. The van der Waals surface area contributed by atoms with Gasteiger partial charge in [-0.2, -0.15) is 4.36 Å². The molecule has 2 rings (SSSR count). The van der Waals surface area contributed by atoms with E-state index < -0.39 is 5.60 Å². The molecule has 7 heteroatoms. The van der Waals surface area contributed by atoms with Crippen LogP contribution in [-0.4, -0.2) is 47.2 Å². The second-order valence-electron chi connectivity index (χ2n) is 7.56. The van der Waals surface area contributed by atoms with Crippen LogP contribution in [-0.2, 0) is 23.7 Å². The van der Waals surface area contributed by atoms with Gasteiger partial charge in [-0.3, -0.25) is 4.90 Å². The lowest BCUT2D eigenvalue weighted by Gasteiger charge is -2.40. The second-order valence-corrected chi connectivity index (χ2v) is 8.18. The summed E-state index contributed by atoms with van der Waals surface area (Å²) in [5, 5.41) is 0.643. The molecule has 0 bridgehead atoms. The molecule has 138 valence electrons. The van der Waals surface area contributed by atoms with E-state index in [0.29, 0.717) is 11.6 Å². The topological polar surface area (TPSA) is 45.1 Å². The monoisotopic (exact) mass is 383 g/mol. The number of carbonyl (C=O) groups excluding carboxylic acids is 1. The van der Waals surface area contributed by atoms with Gasteiger partial charge in [-0.15, -0.1) is 0 Å². The Balaban J connectivity index is 2.03. The molecule has 5 nitrogen and oxygen atoms in total. The number of halogens is 1. The van der Waals surface area contributed by atoms with E-state index in [1.54, 1.807) is 11.0 Å². The molecule has 1 heterocycles. The van der Waals surface area contributed by atoms with Gasteiger partial charge in [0.1, 0.15) is 5.60 Å². The summed E-state index contributed by atoms with van der Waals surface area (Å²) in [6, 6.07) is 3.84. The predicted octanol–water partition coefficient (Wildman–Crippen LogP) is 4.45. The van der Waals surface area contributed by atoms with E-state index in [-0.39, 0.29) is 12.1 Å². The molecular weight excluding hydrogens is 358 g/mol. The van der Waals surface area contributed by atoms with Crippen LogP contribution in [0.5, 0.6) is 0 Å². The van der Waals surface area contributed by atoms with Gasteiger partial charge in [-0.05, 0) is 57.9 Å². The van der Waals surface area contributed by atoms with Gasteiger partial charge >= 0.3 is 6.09 Å². The number of amides is 1. The van der Waals surface area contributed by atoms with E-state index in [9.17, 15) is 4.79 Å². The lowest BCUT2D eigenvalue weighted by molar-refractivity contribution is 0.000543. The van der Waals surface area contributed by atoms with Crippen LogP contribution in [0.2, 0.25) is 5.02 Å². The maximum absolute atomic E-state index is 12.3. The highest BCUT2D eigenvalue weighted by atomic mass is 35.5. The molecule has 0 aliphatic carbocycles. The van der Waals surface area contributed by atoms with Crippen molar-refractivity contribution in [1.29, 1.82) is 0 Å². The van der Waals surface area contributed by atoms with Crippen molar-refractivity contribution in [3.63, 3.8) is 0 Å². The van der Waals surface area contributed by atoms with Crippen LogP contribution >= 0.6 is 11.6 Å². The Hall–Kier alpha value is -1.24. The zero-order valence-corrected chi connectivity index (χ0v) is 17.1. The summed E-state index contributed by atoms with van der Waals surface area (Å²) in [5.41, 5.74) is 2.45. The lowest BCUT2D eigenvalue weighted by atomic mass is 10.1. The van der Waals surface area contributed by atoms with Crippen molar-refractivity contribution >= 4 is 35.8 Å². The fourth-order valence-corrected chi connectivity index (χ4v) is 3.41. The Kier molecular flexibility index (Phi) is 6.40. The normalized spacial score (nSPS) is 19.0. The fourth-order valence-electron chi connectivity index (χ4n) is 2.99. The van der Waals surface area contributed by atoms with Crippen LogP contribution in [0.3, 0.4) is 0 Å². The third-order valence-electron chi connectivity index (χ3n) is 4.28. The summed E-state index contributed by atoms with van der Waals surface area (Å²) in [6.45, 7) is 12.7. The lowest BCUT2D eigenvalue weighted by Crippen LogP contribution is -2.54. The maximum atomic E-state index is 12.3. The van der Waals surface area contributed by atoms with Crippen molar-refractivity contribution in [2.75, 3.05) is 19.6 Å². The maximum Gasteiger partial charge on any atom is 0.410 e. The van der Waals surface area contributed by atoms with E-state index >= 15 is 0 Å². The molecule has 1 saturated heterocycles. The minimum absolute atomic E-state index is 0.0891. The standard InChI is InChI=1S/C18H26ClN3O2S/c1-12-10-21(6-7-22(12)17(23)24-18(3,4)5)11-14-8-15(19)9-16(20-25)13(14)2/h8-9,12H,6-7,10-11H2,1-5H3/t12-/m0/s1. The van der Waals surface area contributed by atoms with Crippen molar-refractivity contribution < 1.29 is 9.53 Å². The Labute approximate surface area is 160 Å². The number of nitrogens with zero attached hydrogens (tertiary/aromatic N) is 3. The Morgan fingerprint density at radius 1 is 1.40 bits per heavy atom. The molecule has 1 aliphatic rings. The van der Waals surface area contributed by atoms with E-state index in [1.807, 2.05) is 40.7 Å². The summed E-state index contributed by atoms with van der Waals surface area (Å²) in [6.07, 6.45) is -0.245. The quantitative estimate of drug-likeness (QED) is 0.773. The molecule has 1 aromatic rings. The van der Waals surface area contributed by atoms with Crippen LogP contribution < -0.4 is 0 Å². The average Bonchev–Trinajstić information content (AvgIpc) is 2.48. The number of hydrogen-bond acceptors (Lipinski definition) is 5. The molecule has 0 saturated carbocycles. The molecule has 1 fully saturated rings. The van der Waals surface area contributed by atoms with Crippen molar-refractivity contribution in [2.45, 2.75) is 52.8 Å². The van der Waals surface area contributed by atoms with Gasteiger partial charge in [0.15, 0.2) is 0 Å². The average molecular weight is 384 g/mol. The largest absolute Gasteiger partial charge is 0.444 e. The highest BCUT2D eigenvalue weighted by molar-refractivity contribution is 7.47. The summed E-state index contributed by atoms with van der Waals surface area (Å²) < 4.78 is 9.37. The van der Waals surface area contributed by atoms with Crippen LogP contribution in [0, 0.1) is 6.92 Å². The van der Waals surface area contributed by atoms with Crippen molar-refractivity contribution in [3.05, 3.63) is 28.3 Å². The first kappa shape index (κ1) is 20.1. The molecule has 1 aromatic carbocycles. The summed E-state index contributed by atoms with van der Waals surface area (Å²) >= 11 is 11.0. The molecule has 1 atom stereocenters. The number of ether oxygens (including phenoxy) is 1. The minimum Gasteiger partial charge on any atom is -0.444 e.